The van der Waals surface area contributed by atoms with Crippen LogP contribution in [0, 0.1) is 0 Å². The molecule has 0 amide bonds. The van der Waals surface area contributed by atoms with E-state index in [2.05, 4.69) is 15.2 Å². The maximum Gasteiger partial charge on any atom is 0.340 e. The van der Waals surface area contributed by atoms with Gasteiger partial charge in [-0.05, 0) is 11.1 Å². The van der Waals surface area contributed by atoms with Crippen LogP contribution in [-0.4, -0.2) is 15.2 Å². The van der Waals surface area contributed by atoms with Crippen molar-refractivity contribution < 1.29 is 0 Å². The molecule has 2 rings (SSSR count). The Morgan fingerprint density at radius 1 is 1.27 bits per heavy atom. The highest BCUT2D eigenvalue weighted by Crippen LogP contribution is 2.10. The third-order valence-corrected chi connectivity index (χ3v) is 2.25. The SMILES string of the molecule is NCc1ccccc1Cc1n[nH]c(=O)[nH]1. The van der Waals surface area contributed by atoms with Crippen molar-refractivity contribution in [1.82, 2.24) is 15.2 Å². The van der Waals surface area contributed by atoms with Crippen molar-refractivity contribution >= 4 is 0 Å². The van der Waals surface area contributed by atoms with E-state index in [-0.39, 0.29) is 5.69 Å². The molecule has 78 valence electrons. The maximum atomic E-state index is 10.8. The Bertz CT molecular complexity index is 500. The fourth-order valence-corrected chi connectivity index (χ4v) is 1.50. The first-order valence-electron chi connectivity index (χ1n) is 4.70. The summed E-state index contributed by atoms with van der Waals surface area (Å²) in [6.07, 6.45) is 0.589. The standard InChI is InChI=1S/C10H12N4O/c11-6-8-4-2-1-3-7(8)5-9-12-10(15)14-13-9/h1-4H,5-6,11H2,(H2,12,13,14,15). The van der Waals surface area contributed by atoms with Crippen LogP contribution in [0.15, 0.2) is 29.1 Å². The van der Waals surface area contributed by atoms with Crippen molar-refractivity contribution in [2.75, 3.05) is 0 Å². The summed E-state index contributed by atoms with van der Waals surface area (Å²) in [6, 6.07) is 7.84. The van der Waals surface area contributed by atoms with Gasteiger partial charge in [0.1, 0.15) is 5.82 Å². The van der Waals surface area contributed by atoms with Crippen LogP contribution in [0.1, 0.15) is 17.0 Å². The lowest BCUT2D eigenvalue weighted by molar-refractivity contribution is 0.944. The molecule has 1 aromatic carbocycles. The second-order valence-corrected chi connectivity index (χ2v) is 3.27. The van der Waals surface area contributed by atoms with Crippen LogP contribution in [-0.2, 0) is 13.0 Å². The summed E-state index contributed by atoms with van der Waals surface area (Å²) in [5.74, 6) is 0.626. The van der Waals surface area contributed by atoms with Gasteiger partial charge in [0.05, 0.1) is 0 Å². The van der Waals surface area contributed by atoms with Gasteiger partial charge in [-0.1, -0.05) is 24.3 Å². The van der Waals surface area contributed by atoms with Crippen LogP contribution in [0.4, 0.5) is 0 Å². The number of hydrogen-bond acceptors (Lipinski definition) is 3. The van der Waals surface area contributed by atoms with Crippen molar-refractivity contribution in [1.29, 1.82) is 0 Å². The molecule has 0 radical (unpaired) electrons. The summed E-state index contributed by atoms with van der Waals surface area (Å²) in [4.78, 5) is 13.4. The summed E-state index contributed by atoms with van der Waals surface area (Å²) in [6.45, 7) is 0.491. The molecule has 0 spiro atoms. The van der Waals surface area contributed by atoms with E-state index in [1.165, 1.54) is 0 Å². The minimum atomic E-state index is -0.282. The number of nitrogens with one attached hydrogen (secondary N) is 2. The first-order chi connectivity index (χ1) is 7.29. The summed E-state index contributed by atoms with van der Waals surface area (Å²) >= 11 is 0. The second-order valence-electron chi connectivity index (χ2n) is 3.27. The lowest BCUT2D eigenvalue weighted by Crippen LogP contribution is -2.04. The summed E-state index contributed by atoms with van der Waals surface area (Å²) in [5, 5.41) is 6.19. The molecule has 5 nitrogen and oxygen atoms in total. The van der Waals surface area contributed by atoms with Gasteiger partial charge in [0.2, 0.25) is 0 Å². The number of rotatable bonds is 3. The molecule has 0 aliphatic carbocycles. The number of nitrogens with zero attached hydrogens (tertiary/aromatic N) is 1. The van der Waals surface area contributed by atoms with E-state index in [1.54, 1.807) is 0 Å². The maximum absolute atomic E-state index is 10.8. The minimum absolute atomic E-state index is 0.282. The van der Waals surface area contributed by atoms with Crippen molar-refractivity contribution in [3.63, 3.8) is 0 Å². The molecule has 0 saturated carbocycles. The van der Waals surface area contributed by atoms with Crippen LogP contribution in [0.5, 0.6) is 0 Å². The van der Waals surface area contributed by atoms with Crippen LogP contribution in [0.3, 0.4) is 0 Å². The lowest BCUT2D eigenvalue weighted by atomic mass is 10.0. The van der Waals surface area contributed by atoms with Crippen LogP contribution in [0.25, 0.3) is 0 Å². The van der Waals surface area contributed by atoms with Gasteiger partial charge in [-0.25, -0.2) is 9.89 Å². The Labute approximate surface area is 86.3 Å². The molecule has 4 N–H and O–H groups in total. The van der Waals surface area contributed by atoms with E-state index in [0.29, 0.717) is 18.8 Å². The molecule has 0 bridgehead atoms. The Hall–Kier alpha value is -1.88. The average Bonchev–Trinajstić information content (AvgIpc) is 2.65. The highest BCUT2D eigenvalue weighted by atomic mass is 16.1. The number of H-pyrrole nitrogens is 2. The Balaban J connectivity index is 2.27. The van der Waals surface area contributed by atoms with E-state index >= 15 is 0 Å². The molecule has 15 heavy (non-hydrogen) atoms. The Morgan fingerprint density at radius 3 is 2.60 bits per heavy atom. The molecule has 0 aliphatic rings. The molecule has 0 unspecified atom stereocenters. The van der Waals surface area contributed by atoms with Gasteiger partial charge in [0.25, 0.3) is 0 Å². The van der Waals surface area contributed by atoms with Gasteiger partial charge in [-0.3, -0.25) is 4.98 Å². The van der Waals surface area contributed by atoms with Crippen LogP contribution in [0.2, 0.25) is 0 Å². The topological polar surface area (TPSA) is 87.6 Å². The minimum Gasteiger partial charge on any atom is -0.326 e. The molecular weight excluding hydrogens is 192 g/mol. The molecule has 1 aromatic heterocycles. The predicted octanol–water partition coefficient (Wildman–Crippen LogP) is 0.147. The molecule has 2 aromatic rings. The highest BCUT2D eigenvalue weighted by Gasteiger charge is 2.03. The third kappa shape index (κ3) is 2.13. The van der Waals surface area contributed by atoms with Gasteiger partial charge >= 0.3 is 5.69 Å². The van der Waals surface area contributed by atoms with Crippen molar-refractivity contribution in [3.05, 3.63) is 51.7 Å². The molecule has 0 aliphatic heterocycles. The molecule has 0 saturated heterocycles. The number of aromatic nitrogens is 3. The number of hydrogen-bond donors (Lipinski definition) is 3. The van der Waals surface area contributed by atoms with Crippen LogP contribution < -0.4 is 11.4 Å². The van der Waals surface area contributed by atoms with E-state index < -0.39 is 0 Å². The quantitative estimate of drug-likeness (QED) is 0.665. The molecule has 0 atom stereocenters. The first kappa shape index (κ1) is 9.67. The fourth-order valence-electron chi connectivity index (χ4n) is 1.50. The molecule has 0 fully saturated rings. The monoisotopic (exact) mass is 204 g/mol. The van der Waals surface area contributed by atoms with E-state index in [0.717, 1.165) is 11.1 Å². The average molecular weight is 204 g/mol. The van der Waals surface area contributed by atoms with Crippen molar-refractivity contribution in [2.24, 2.45) is 5.73 Å². The zero-order valence-electron chi connectivity index (χ0n) is 8.16. The zero-order valence-corrected chi connectivity index (χ0v) is 8.16. The van der Waals surface area contributed by atoms with E-state index in [4.69, 9.17) is 5.73 Å². The van der Waals surface area contributed by atoms with E-state index in [9.17, 15) is 4.79 Å². The molecule has 5 heteroatoms. The number of benzene rings is 1. The number of aromatic amines is 2. The van der Waals surface area contributed by atoms with Gasteiger partial charge in [0, 0.05) is 13.0 Å². The van der Waals surface area contributed by atoms with Gasteiger partial charge in [0.15, 0.2) is 0 Å². The highest BCUT2D eigenvalue weighted by molar-refractivity contribution is 5.29. The fraction of sp³-hybridized carbons (Fsp3) is 0.200. The smallest absolute Gasteiger partial charge is 0.326 e. The van der Waals surface area contributed by atoms with Crippen molar-refractivity contribution in [3.8, 4) is 0 Å². The third-order valence-electron chi connectivity index (χ3n) is 2.25. The van der Waals surface area contributed by atoms with Crippen molar-refractivity contribution in [2.45, 2.75) is 13.0 Å². The largest absolute Gasteiger partial charge is 0.340 e. The second kappa shape index (κ2) is 4.10. The van der Waals surface area contributed by atoms with Gasteiger partial charge in [-0.2, -0.15) is 5.10 Å². The van der Waals surface area contributed by atoms with Gasteiger partial charge in [-0.15, -0.1) is 0 Å². The Kier molecular flexibility index (Phi) is 2.64. The zero-order chi connectivity index (χ0) is 10.7. The van der Waals surface area contributed by atoms with Crippen LogP contribution >= 0.6 is 0 Å². The summed E-state index contributed by atoms with van der Waals surface area (Å²) < 4.78 is 0. The first-order valence-corrected chi connectivity index (χ1v) is 4.70. The summed E-state index contributed by atoms with van der Waals surface area (Å²) in [7, 11) is 0. The summed E-state index contributed by atoms with van der Waals surface area (Å²) in [5.41, 5.74) is 7.48. The van der Waals surface area contributed by atoms with E-state index in [1.807, 2.05) is 24.3 Å². The predicted molar refractivity (Wildman–Crippen MR) is 56.3 cm³/mol. The molecule has 1 heterocycles. The normalized spacial score (nSPS) is 10.5. The lowest BCUT2D eigenvalue weighted by Gasteiger charge is -2.04. The Morgan fingerprint density at radius 2 is 2.00 bits per heavy atom. The number of nitrogens with two attached hydrogens (primary N) is 1. The molecular formula is C10H12N4O. The van der Waals surface area contributed by atoms with Gasteiger partial charge < -0.3 is 5.73 Å².